The summed E-state index contributed by atoms with van der Waals surface area (Å²) < 4.78 is 0. The monoisotopic (exact) mass is 210 g/mol. The van der Waals surface area contributed by atoms with Crippen LogP contribution in [0, 0.1) is 5.41 Å². The Bertz CT molecular complexity index is 262. The Morgan fingerprint density at radius 1 is 1.43 bits per heavy atom. The summed E-state index contributed by atoms with van der Waals surface area (Å²) in [6.07, 6.45) is 3.73. The average Bonchev–Trinajstić information content (AvgIpc) is 2.01. The maximum absolute atomic E-state index is 11.5. The molecule has 1 unspecified atom stereocenters. The molecule has 80 valence electrons. The van der Waals surface area contributed by atoms with E-state index < -0.39 is 8.07 Å². The Hall–Kier alpha value is -0.373. The highest BCUT2D eigenvalue weighted by molar-refractivity contribution is 6.83. The molecule has 1 saturated carbocycles. The van der Waals surface area contributed by atoms with E-state index in [0.717, 1.165) is 25.7 Å². The second-order valence-electron chi connectivity index (χ2n) is 5.86. The highest BCUT2D eigenvalue weighted by Gasteiger charge is 2.38. The third-order valence-corrected chi connectivity index (χ3v) is 5.82. The number of hydrogen-bond acceptors (Lipinski definition) is 1. The van der Waals surface area contributed by atoms with Crippen LogP contribution in [0.4, 0.5) is 0 Å². The summed E-state index contributed by atoms with van der Waals surface area (Å²) in [5.74, 6) is 0.429. The molecule has 1 aliphatic rings. The molecule has 0 aromatic rings. The molecule has 0 aromatic carbocycles. The first-order valence-electron chi connectivity index (χ1n) is 5.47. The van der Waals surface area contributed by atoms with Crippen LogP contribution in [0.3, 0.4) is 0 Å². The molecule has 0 heterocycles. The topological polar surface area (TPSA) is 17.1 Å². The largest absolute Gasteiger partial charge is 0.300 e. The van der Waals surface area contributed by atoms with E-state index in [1.807, 2.05) is 0 Å². The Morgan fingerprint density at radius 2 is 2.00 bits per heavy atom. The maximum atomic E-state index is 11.5. The quantitative estimate of drug-likeness (QED) is 0.637. The molecule has 1 nitrogen and oxygen atoms in total. The minimum atomic E-state index is -1.30. The molecule has 0 spiro atoms. The van der Waals surface area contributed by atoms with Gasteiger partial charge in [0.15, 0.2) is 0 Å². The van der Waals surface area contributed by atoms with Gasteiger partial charge in [0.2, 0.25) is 0 Å². The van der Waals surface area contributed by atoms with Gasteiger partial charge in [0.05, 0.1) is 8.07 Å². The van der Waals surface area contributed by atoms with Crippen molar-refractivity contribution in [2.24, 2.45) is 5.41 Å². The highest BCUT2D eigenvalue weighted by Crippen LogP contribution is 2.43. The molecule has 0 saturated heterocycles. The van der Waals surface area contributed by atoms with Crippen LogP contribution in [0.15, 0.2) is 11.8 Å². The van der Waals surface area contributed by atoms with Crippen molar-refractivity contribution in [3.63, 3.8) is 0 Å². The predicted molar refractivity (Wildman–Crippen MR) is 64.1 cm³/mol. The van der Waals surface area contributed by atoms with Crippen molar-refractivity contribution in [1.82, 2.24) is 0 Å². The lowest BCUT2D eigenvalue weighted by atomic mass is 9.75. The number of ketones is 1. The van der Waals surface area contributed by atoms with Gasteiger partial charge in [-0.15, -0.1) is 6.58 Å². The summed E-state index contributed by atoms with van der Waals surface area (Å²) in [7, 11) is -1.30. The van der Waals surface area contributed by atoms with E-state index >= 15 is 0 Å². The summed E-state index contributed by atoms with van der Waals surface area (Å²) in [6.45, 7) is 13.4. The van der Waals surface area contributed by atoms with Gasteiger partial charge in [0, 0.05) is 12.8 Å². The van der Waals surface area contributed by atoms with Gasteiger partial charge in [-0.3, -0.25) is 4.79 Å². The van der Waals surface area contributed by atoms with Gasteiger partial charge >= 0.3 is 0 Å². The van der Waals surface area contributed by atoms with Crippen LogP contribution in [0.5, 0.6) is 0 Å². The van der Waals surface area contributed by atoms with Crippen LogP contribution in [0.1, 0.15) is 32.6 Å². The van der Waals surface area contributed by atoms with Gasteiger partial charge < -0.3 is 0 Å². The molecule has 0 bridgehead atoms. The Balaban J connectivity index is 2.84. The molecule has 0 amide bonds. The minimum Gasteiger partial charge on any atom is -0.300 e. The first-order valence-corrected chi connectivity index (χ1v) is 8.97. The fraction of sp³-hybridized carbons (Fsp3) is 0.750. The zero-order valence-electron chi connectivity index (χ0n) is 9.94. The average molecular weight is 210 g/mol. The fourth-order valence-corrected chi connectivity index (χ4v) is 4.47. The highest BCUT2D eigenvalue weighted by atomic mass is 28.3. The lowest BCUT2D eigenvalue weighted by Crippen LogP contribution is -2.38. The van der Waals surface area contributed by atoms with E-state index in [1.54, 1.807) is 0 Å². The molecule has 2 heteroatoms. The van der Waals surface area contributed by atoms with Crippen LogP contribution >= 0.6 is 0 Å². The standard InChI is InChI=1S/C12H22OSi/c1-10(14(3,4)5)12(2)8-6-7-11(13)9-12/h1,6-9H2,2-5H3. The lowest BCUT2D eigenvalue weighted by Gasteiger charge is -2.40. The third-order valence-electron chi connectivity index (χ3n) is 3.41. The number of carbonyl (C=O) groups is 1. The van der Waals surface area contributed by atoms with Crippen LogP contribution in [0.2, 0.25) is 19.6 Å². The van der Waals surface area contributed by atoms with Gasteiger partial charge in [0.1, 0.15) is 5.78 Å². The second kappa shape index (κ2) is 3.65. The summed E-state index contributed by atoms with van der Waals surface area (Å²) in [5, 5.41) is 1.37. The number of carbonyl (C=O) groups excluding carboxylic acids is 1. The Morgan fingerprint density at radius 3 is 2.43 bits per heavy atom. The number of Topliss-reactive ketones (excluding diaryl/α,β-unsaturated/α-hetero) is 1. The molecule has 1 atom stereocenters. The maximum Gasteiger partial charge on any atom is 0.133 e. The molecule has 0 aromatic heterocycles. The van der Waals surface area contributed by atoms with Crippen molar-refractivity contribution in [2.75, 3.05) is 0 Å². The minimum absolute atomic E-state index is 0.111. The molecule has 0 radical (unpaired) electrons. The molecule has 0 N–H and O–H groups in total. The predicted octanol–water partition coefficient (Wildman–Crippen LogP) is 3.57. The van der Waals surface area contributed by atoms with Crippen LogP contribution in [-0.4, -0.2) is 13.9 Å². The normalized spacial score (nSPS) is 29.0. The van der Waals surface area contributed by atoms with Gasteiger partial charge in [0.25, 0.3) is 0 Å². The lowest BCUT2D eigenvalue weighted by molar-refractivity contribution is -0.122. The fourth-order valence-electron chi connectivity index (χ4n) is 2.45. The van der Waals surface area contributed by atoms with Gasteiger partial charge in [-0.05, 0) is 18.3 Å². The van der Waals surface area contributed by atoms with Gasteiger partial charge in [-0.2, -0.15) is 0 Å². The van der Waals surface area contributed by atoms with E-state index in [-0.39, 0.29) is 5.41 Å². The number of allylic oxidation sites excluding steroid dienone is 1. The van der Waals surface area contributed by atoms with Gasteiger partial charge in [-0.25, -0.2) is 0 Å². The second-order valence-corrected chi connectivity index (χ2v) is 11.0. The van der Waals surface area contributed by atoms with Crippen LogP contribution < -0.4 is 0 Å². The van der Waals surface area contributed by atoms with Crippen LogP contribution in [0.25, 0.3) is 0 Å². The van der Waals surface area contributed by atoms with Crippen molar-refractivity contribution < 1.29 is 4.79 Å². The molecule has 1 rings (SSSR count). The van der Waals surface area contributed by atoms with Crippen molar-refractivity contribution in [1.29, 1.82) is 0 Å². The zero-order valence-corrected chi connectivity index (χ0v) is 10.9. The summed E-state index contributed by atoms with van der Waals surface area (Å²) in [5.41, 5.74) is 0.111. The van der Waals surface area contributed by atoms with Crippen LogP contribution in [-0.2, 0) is 4.79 Å². The first kappa shape index (κ1) is 11.7. The Kier molecular flexibility index (Phi) is 3.05. The van der Waals surface area contributed by atoms with E-state index in [9.17, 15) is 4.79 Å². The summed E-state index contributed by atoms with van der Waals surface area (Å²) >= 11 is 0. The third kappa shape index (κ3) is 2.35. The van der Waals surface area contributed by atoms with Crippen molar-refractivity contribution in [2.45, 2.75) is 52.2 Å². The van der Waals surface area contributed by atoms with Crippen molar-refractivity contribution >= 4 is 13.9 Å². The molecular formula is C12H22OSi. The molecule has 1 aliphatic carbocycles. The first-order chi connectivity index (χ1) is 6.26. The molecular weight excluding hydrogens is 188 g/mol. The number of rotatable bonds is 2. The summed E-state index contributed by atoms with van der Waals surface area (Å²) in [6, 6.07) is 0. The van der Waals surface area contributed by atoms with Crippen molar-refractivity contribution in [3.05, 3.63) is 11.8 Å². The van der Waals surface area contributed by atoms with E-state index in [4.69, 9.17) is 0 Å². The number of hydrogen-bond donors (Lipinski definition) is 0. The van der Waals surface area contributed by atoms with E-state index in [0.29, 0.717) is 5.78 Å². The zero-order chi connectivity index (χ0) is 11.0. The molecule has 14 heavy (non-hydrogen) atoms. The van der Waals surface area contributed by atoms with E-state index in [2.05, 4.69) is 33.1 Å². The molecule has 0 aliphatic heterocycles. The van der Waals surface area contributed by atoms with Crippen molar-refractivity contribution in [3.8, 4) is 0 Å². The smallest absolute Gasteiger partial charge is 0.133 e. The Labute approximate surface area is 88.6 Å². The SMILES string of the molecule is C=C(C1(C)CCCC(=O)C1)[Si](C)(C)C. The molecule has 1 fully saturated rings. The van der Waals surface area contributed by atoms with E-state index in [1.165, 1.54) is 5.20 Å². The summed E-state index contributed by atoms with van der Waals surface area (Å²) in [4.78, 5) is 11.5. The van der Waals surface area contributed by atoms with Gasteiger partial charge in [-0.1, -0.05) is 31.8 Å².